The average molecular weight is 349 g/mol. The lowest BCUT2D eigenvalue weighted by molar-refractivity contribution is 0.103. The Labute approximate surface area is 152 Å². The summed E-state index contributed by atoms with van der Waals surface area (Å²) < 4.78 is 5.83. The van der Waals surface area contributed by atoms with Crippen molar-refractivity contribution in [1.82, 2.24) is 0 Å². The Balaban J connectivity index is 1.73. The van der Waals surface area contributed by atoms with Crippen molar-refractivity contribution in [2.45, 2.75) is 6.61 Å². The first-order valence-electron chi connectivity index (χ1n) is 7.90. The average Bonchev–Trinajstić information content (AvgIpc) is 2.67. The Morgan fingerprint density at radius 1 is 0.960 bits per heavy atom. The van der Waals surface area contributed by atoms with Gasteiger partial charge in [0.2, 0.25) is 0 Å². The van der Waals surface area contributed by atoms with Crippen molar-refractivity contribution in [2.24, 2.45) is 0 Å². The standard InChI is InChI=1S/C22H17ClO2/c1-2-16-5-3-6-17(13-16)15-25-21-8-4-7-19(14-21)22(24)18-9-11-20(23)12-10-18/h2-14H,1,15H2. The summed E-state index contributed by atoms with van der Waals surface area (Å²) in [4.78, 5) is 12.6. The summed E-state index contributed by atoms with van der Waals surface area (Å²) in [6.07, 6.45) is 1.80. The van der Waals surface area contributed by atoms with E-state index in [1.807, 2.05) is 36.4 Å². The first kappa shape index (κ1) is 17.0. The summed E-state index contributed by atoms with van der Waals surface area (Å²) >= 11 is 5.87. The highest BCUT2D eigenvalue weighted by Gasteiger charge is 2.10. The molecule has 0 bridgehead atoms. The lowest BCUT2D eigenvalue weighted by Crippen LogP contribution is -2.02. The van der Waals surface area contributed by atoms with E-state index in [0.29, 0.717) is 28.5 Å². The zero-order valence-corrected chi connectivity index (χ0v) is 14.4. The summed E-state index contributed by atoms with van der Waals surface area (Å²) in [6, 6.07) is 22.0. The van der Waals surface area contributed by atoms with Gasteiger partial charge in [-0.2, -0.15) is 0 Å². The molecule has 0 aromatic heterocycles. The third-order valence-electron chi connectivity index (χ3n) is 3.79. The third kappa shape index (κ3) is 4.37. The SMILES string of the molecule is C=Cc1cccc(COc2cccc(C(=O)c3ccc(Cl)cc3)c2)c1. The highest BCUT2D eigenvalue weighted by Crippen LogP contribution is 2.19. The van der Waals surface area contributed by atoms with E-state index in [4.69, 9.17) is 16.3 Å². The van der Waals surface area contributed by atoms with E-state index in [0.717, 1.165) is 11.1 Å². The van der Waals surface area contributed by atoms with Crippen LogP contribution in [0.2, 0.25) is 5.02 Å². The Kier molecular flexibility index (Phi) is 5.32. The predicted molar refractivity (Wildman–Crippen MR) is 102 cm³/mol. The van der Waals surface area contributed by atoms with Crippen LogP contribution in [0.4, 0.5) is 0 Å². The van der Waals surface area contributed by atoms with Gasteiger partial charge in [0.15, 0.2) is 5.78 Å². The number of halogens is 1. The maximum atomic E-state index is 12.6. The van der Waals surface area contributed by atoms with E-state index < -0.39 is 0 Å². The lowest BCUT2D eigenvalue weighted by atomic mass is 10.0. The van der Waals surface area contributed by atoms with Gasteiger partial charge in [-0.3, -0.25) is 4.79 Å². The molecular weight excluding hydrogens is 332 g/mol. The van der Waals surface area contributed by atoms with Crippen LogP contribution >= 0.6 is 11.6 Å². The van der Waals surface area contributed by atoms with E-state index in [1.165, 1.54) is 0 Å². The molecule has 0 aliphatic rings. The van der Waals surface area contributed by atoms with Crippen LogP contribution < -0.4 is 4.74 Å². The van der Waals surface area contributed by atoms with Crippen LogP contribution in [0.15, 0.2) is 79.4 Å². The molecule has 3 aromatic rings. The number of ether oxygens (including phenoxy) is 1. The molecule has 25 heavy (non-hydrogen) atoms. The summed E-state index contributed by atoms with van der Waals surface area (Å²) in [5.74, 6) is 0.597. The molecule has 0 N–H and O–H groups in total. The zero-order valence-electron chi connectivity index (χ0n) is 13.6. The second-order valence-electron chi connectivity index (χ2n) is 5.60. The van der Waals surface area contributed by atoms with Crippen LogP contribution in [0.1, 0.15) is 27.0 Å². The molecule has 124 valence electrons. The second kappa shape index (κ2) is 7.82. The van der Waals surface area contributed by atoms with Crippen molar-refractivity contribution in [3.63, 3.8) is 0 Å². The molecule has 0 aliphatic carbocycles. The second-order valence-corrected chi connectivity index (χ2v) is 6.04. The van der Waals surface area contributed by atoms with Crippen molar-refractivity contribution in [2.75, 3.05) is 0 Å². The Bertz CT molecular complexity index is 898. The topological polar surface area (TPSA) is 26.3 Å². The number of rotatable bonds is 6. The van der Waals surface area contributed by atoms with Crippen LogP contribution in [0.5, 0.6) is 5.75 Å². The fourth-order valence-electron chi connectivity index (χ4n) is 2.47. The number of hydrogen-bond acceptors (Lipinski definition) is 2. The smallest absolute Gasteiger partial charge is 0.193 e. The Morgan fingerprint density at radius 3 is 2.48 bits per heavy atom. The van der Waals surface area contributed by atoms with E-state index >= 15 is 0 Å². The molecule has 0 radical (unpaired) electrons. The molecule has 0 spiro atoms. The molecule has 0 saturated carbocycles. The number of hydrogen-bond donors (Lipinski definition) is 0. The van der Waals surface area contributed by atoms with Gasteiger partial charge < -0.3 is 4.74 Å². The summed E-state index contributed by atoms with van der Waals surface area (Å²) in [5, 5.41) is 0.607. The largest absolute Gasteiger partial charge is 0.489 e. The van der Waals surface area contributed by atoms with Crippen molar-refractivity contribution < 1.29 is 9.53 Å². The molecule has 0 unspecified atom stereocenters. The number of carbonyl (C=O) groups excluding carboxylic acids is 1. The molecule has 0 fully saturated rings. The minimum Gasteiger partial charge on any atom is -0.489 e. The minimum absolute atomic E-state index is 0.0595. The van der Waals surface area contributed by atoms with E-state index in [1.54, 1.807) is 42.5 Å². The van der Waals surface area contributed by atoms with Gasteiger partial charge in [0.25, 0.3) is 0 Å². The molecule has 3 aromatic carbocycles. The fraction of sp³-hybridized carbons (Fsp3) is 0.0455. The van der Waals surface area contributed by atoms with Crippen molar-refractivity contribution in [3.05, 3.63) is 107 Å². The molecular formula is C22H17ClO2. The molecule has 3 rings (SSSR count). The maximum absolute atomic E-state index is 12.6. The lowest BCUT2D eigenvalue weighted by Gasteiger charge is -2.09. The van der Waals surface area contributed by atoms with Crippen LogP contribution in [0.3, 0.4) is 0 Å². The van der Waals surface area contributed by atoms with E-state index in [2.05, 4.69) is 6.58 Å². The first-order chi connectivity index (χ1) is 12.2. The normalized spacial score (nSPS) is 10.3. The van der Waals surface area contributed by atoms with Gasteiger partial charge in [-0.15, -0.1) is 0 Å². The van der Waals surface area contributed by atoms with Gasteiger partial charge in [0.1, 0.15) is 12.4 Å². The summed E-state index contributed by atoms with van der Waals surface area (Å²) in [7, 11) is 0. The molecule has 2 nitrogen and oxygen atoms in total. The van der Waals surface area contributed by atoms with Crippen molar-refractivity contribution in [1.29, 1.82) is 0 Å². The van der Waals surface area contributed by atoms with Crippen molar-refractivity contribution in [3.8, 4) is 5.75 Å². The summed E-state index contributed by atoms with van der Waals surface area (Å²) in [6.45, 7) is 4.20. The molecule has 0 aliphatic heterocycles. The molecule has 3 heteroatoms. The van der Waals surface area contributed by atoms with Gasteiger partial charge in [0, 0.05) is 16.1 Å². The van der Waals surface area contributed by atoms with Crippen molar-refractivity contribution >= 4 is 23.5 Å². The van der Waals surface area contributed by atoms with Gasteiger partial charge in [-0.1, -0.05) is 54.6 Å². The zero-order chi connectivity index (χ0) is 17.6. The highest BCUT2D eigenvalue weighted by molar-refractivity contribution is 6.30. The number of benzene rings is 3. The molecule has 0 atom stereocenters. The molecule has 0 saturated heterocycles. The van der Waals surface area contributed by atoms with E-state index in [-0.39, 0.29) is 5.78 Å². The highest BCUT2D eigenvalue weighted by atomic mass is 35.5. The predicted octanol–water partition coefficient (Wildman–Crippen LogP) is 5.79. The van der Waals surface area contributed by atoms with Crippen LogP contribution in [-0.4, -0.2) is 5.78 Å². The number of ketones is 1. The molecule has 0 amide bonds. The minimum atomic E-state index is -0.0595. The maximum Gasteiger partial charge on any atom is 0.193 e. The Morgan fingerprint density at radius 2 is 1.72 bits per heavy atom. The third-order valence-corrected chi connectivity index (χ3v) is 4.05. The van der Waals surface area contributed by atoms with Crippen LogP contribution in [0.25, 0.3) is 6.08 Å². The monoisotopic (exact) mass is 348 g/mol. The van der Waals surface area contributed by atoms with Crippen LogP contribution in [-0.2, 0) is 6.61 Å². The van der Waals surface area contributed by atoms with Gasteiger partial charge >= 0.3 is 0 Å². The number of carbonyl (C=O) groups is 1. The first-order valence-corrected chi connectivity index (χ1v) is 8.28. The molecule has 0 heterocycles. The van der Waals surface area contributed by atoms with Gasteiger partial charge in [-0.25, -0.2) is 0 Å². The van der Waals surface area contributed by atoms with Gasteiger partial charge in [-0.05, 0) is 53.6 Å². The van der Waals surface area contributed by atoms with Crippen LogP contribution in [0, 0.1) is 0 Å². The summed E-state index contributed by atoms with van der Waals surface area (Å²) in [5.41, 5.74) is 3.28. The van der Waals surface area contributed by atoms with E-state index in [9.17, 15) is 4.79 Å². The van der Waals surface area contributed by atoms with Gasteiger partial charge in [0.05, 0.1) is 0 Å². The fourth-order valence-corrected chi connectivity index (χ4v) is 2.60. The Hall–Kier alpha value is -2.84. The quantitative estimate of drug-likeness (QED) is 0.527.